The molecule has 4 rings (SSSR count). The first-order valence-electron chi connectivity index (χ1n) is 8.58. The summed E-state index contributed by atoms with van der Waals surface area (Å²) < 4.78 is 1.58. The molecular formula is C17H19N7O2. The highest BCUT2D eigenvalue weighted by atomic mass is 16.2. The second kappa shape index (κ2) is 6.05. The largest absolute Gasteiger partial charge is 0.341 e. The number of nitrogens with zero attached hydrogens (tertiary/aromatic N) is 6. The van der Waals surface area contributed by atoms with Crippen molar-refractivity contribution in [1.82, 2.24) is 24.6 Å². The van der Waals surface area contributed by atoms with Crippen molar-refractivity contribution in [3.8, 4) is 12.3 Å². The second-order valence-electron chi connectivity index (χ2n) is 6.84. The molecule has 0 saturated carbocycles. The minimum Gasteiger partial charge on any atom is -0.341 e. The number of nitrogens with one attached hydrogen (secondary N) is 1. The summed E-state index contributed by atoms with van der Waals surface area (Å²) in [5.74, 6) is 3.30. The lowest BCUT2D eigenvalue weighted by atomic mass is 9.96. The number of amides is 1. The molecule has 9 nitrogen and oxygen atoms in total. The van der Waals surface area contributed by atoms with Gasteiger partial charge in [0.2, 0.25) is 5.91 Å². The number of aromatic nitrogens is 4. The van der Waals surface area contributed by atoms with Crippen molar-refractivity contribution in [3.63, 3.8) is 0 Å². The van der Waals surface area contributed by atoms with E-state index in [4.69, 9.17) is 6.42 Å². The minimum atomic E-state index is -0.427. The molecule has 134 valence electrons. The number of carbonyl (C=O) groups excluding carboxylic acids is 1. The number of likely N-dealkylation sites (tertiary alicyclic amines) is 1. The van der Waals surface area contributed by atoms with Gasteiger partial charge in [-0.1, -0.05) is 0 Å². The molecule has 0 bridgehead atoms. The molecule has 1 N–H and O–H groups in total. The fraction of sp³-hybridized carbons (Fsp3) is 0.529. The number of fused-ring (bicyclic) bond motifs is 1. The van der Waals surface area contributed by atoms with Crippen LogP contribution >= 0.6 is 0 Å². The molecule has 4 heterocycles. The Balaban J connectivity index is 1.34. The van der Waals surface area contributed by atoms with Crippen LogP contribution in [0.5, 0.6) is 0 Å². The zero-order valence-electron chi connectivity index (χ0n) is 14.5. The molecule has 1 saturated heterocycles. The lowest BCUT2D eigenvalue weighted by Crippen LogP contribution is -2.49. The smallest absolute Gasteiger partial charge is 0.262 e. The van der Waals surface area contributed by atoms with E-state index in [1.54, 1.807) is 16.6 Å². The van der Waals surface area contributed by atoms with E-state index in [0.29, 0.717) is 55.6 Å². The molecule has 0 aliphatic carbocycles. The molecule has 2 aromatic rings. The highest BCUT2D eigenvalue weighted by Crippen LogP contribution is 2.38. The van der Waals surface area contributed by atoms with Gasteiger partial charge < -0.3 is 9.88 Å². The van der Waals surface area contributed by atoms with E-state index in [1.807, 2.05) is 0 Å². The molecule has 1 amide bonds. The van der Waals surface area contributed by atoms with Crippen LogP contribution in [0.4, 0.5) is 0 Å². The van der Waals surface area contributed by atoms with Crippen LogP contribution in [0.3, 0.4) is 0 Å². The fourth-order valence-corrected chi connectivity index (χ4v) is 3.23. The molecule has 0 unspecified atom stereocenters. The van der Waals surface area contributed by atoms with Crippen molar-refractivity contribution in [2.75, 3.05) is 13.1 Å². The van der Waals surface area contributed by atoms with Crippen LogP contribution in [-0.2, 0) is 11.8 Å². The van der Waals surface area contributed by atoms with Gasteiger partial charge in [-0.25, -0.2) is 4.98 Å². The van der Waals surface area contributed by atoms with E-state index in [2.05, 4.69) is 31.2 Å². The molecule has 0 atom stereocenters. The molecule has 2 aliphatic heterocycles. The summed E-state index contributed by atoms with van der Waals surface area (Å²) in [5.41, 5.74) is -0.0693. The molecule has 2 aliphatic rings. The molecule has 1 fully saturated rings. The summed E-state index contributed by atoms with van der Waals surface area (Å²) in [6.07, 6.45) is 9.09. The summed E-state index contributed by atoms with van der Waals surface area (Å²) in [6, 6.07) is 0. The van der Waals surface area contributed by atoms with Gasteiger partial charge in [-0.3, -0.25) is 14.3 Å². The van der Waals surface area contributed by atoms with E-state index in [9.17, 15) is 9.59 Å². The standard InChI is InChI=1S/C17H19N7O2/c1-3-4-6-17(21-22-17)7-5-13(25)24-9-11(10-24)14-19-15-12(16(26)20-14)8-18-23(15)2/h1,8,11H,4-7,9-10H2,2H3,(H,19,20,26). The second-order valence-corrected chi connectivity index (χ2v) is 6.84. The highest BCUT2D eigenvalue weighted by Gasteiger charge is 2.41. The fourth-order valence-electron chi connectivity index (χ4n) is 3.23. The van der Waals surface area contributed by atoms with Gasteiger partial charge in [-0.2, -0.15) is 15.3 Å². The molecule has 0 radical (unpaired) electrons. The monoisotopic (exact) mass is 353 g/mol. The Labute approximate surface area is 149 Å². The van der Waals surface area contributed by atoms with E-state index < -0.39 is 5.66 Å². The lowest BCUT2D eigenvalue weighted by molar-refractivity contribution is -0.136. The van der Waals surface area contributed by atoms with Gasteiger partial charge in [0.05, 0.1) is 12.1 Å². The summed E-state index contributed by atoms with van der Waals surface area (Å²) in [5, 5.41) is 12.6. The Morgan fingerprint density at radius 3 is 2.88 bits per heavy atom. The van der Waals surface area contributed by atoms with Gasteiger partial charge in [-0.15, -0.1) is 12.3 Å². The first-order chi connectivity index (χ1) is 12.5. The molecule has 26 heavy (non-hydrogen) atoms. The van der Waals surface area contributed by atoms with Crippen LogP contribution in [0.1, 0.15) is 37.4 Å². The summed E-state index contributed by atoms with van der Waals surface area (Å²) in [6.45, 7) is 1.10. The van der Waals surface area contributed by atoms with Crippen molar-refractivity contribution in [2.24, 2.45) is 17.3 Å². The van der Waals surface area contributed by atoms with Gasteiger partial charge in [-0.05, 0) is 0 Å². The van der Waals surface area contributed by atoms with Gasteiger partial charge in [0.15, 0.2) is 11.3 Å². The van der Waals surface area contributed by atoms with Gasteiger partial charge >= 0.3 is 0 Å². The molecule has 2 aromatic heterocycles. The van der Waals surface area contributed by atoms with Crippen molar-refractivity contribution in [1.29, 1.82) is 0 Å². The molecule has 0 aromatic carbocycles. The van der Waals surface area contributed by atoms with Gasteiger partial charge in [0.25, 0.3) is 5.56 Å². The maximum atomic E-state index is 12.3. The predicted octanol–water partition coefficient (Wildman–Crippen LogP) is 0.938. The topological polar surface area (TPSA) is 109 Å². The SMILES string of the molecule is C#CCCC1(CCC(=O)N2CC(c3nc4c(cnn4C)c(=O)[nH]3)C2)N=N1. The van der Waals surface area contributed by atoms with E-state index in [-0.39, 0.29) is 17.4 Å². The lowest BCUT2D eigenvalue weighted by Gasteiger charge is -2.38. The van der Waals surface area contributed by atoms with E-state index >= 15 is 0 Å². The molecule has 9 heteroatoms. The van der Waals surface area contributed by atoms with Gasteiger partial charge in [0, 0.05) is 45.8 Å². The molecular weight excluding hydrogens is 334 g/mol. The quantitative estimate of drug-likeness (QED) is 0.779. The minimum absolute atomic E-state index is 0.0386. The normalized spacial score (nSPS) is 17.9. The number of hydrogen-bond acceptors (Lipinski definition) is 6. The van der Waals surface area contributed by atoms with E-state index in [0.717, 1.165) is 0 Å². The average molecular weight is 353 g/mol. The Morgan fingerprint density at radius 1 is 1.42 bits per heavy atom. The van der Waals surface area contributed by atoms with Crippen LogP contribution in [0.15, 0.2) is 21.2 Å². The molecule has 0 spiro atoms. The zero-order chi connectivity index (χ0) is 18.3. The number of aromatic amines is 1. The average Bonchev–Trinajstić information content (AvgIpc) is 3.26. The van der Waals surface area contributed by atoms with Gasteiger partial charge in [0.1, 0.15) is 11.2 Å². The van der Waals surface area contributed by atoms with Crippen molar-refractivity contribution in [3.05, 3.63) is 22.4 Å². The number of aryl methyl sites for hydroxylation is 1. The van der Waals surface area contributed by atoms with Crippen LogP contribution in [-0.4, -0.2) is 49.3 Å². The van der Waals surface area contributed by atoms with Crippen molar-refractivity contribution < 1.29 is 4.79 Å². The first kappa shape index (κ1) is 16.4. The van der Waals surface area contributed by atoms with Crippen LogP contribution in [0.25, 0.3) is 11.0 Å². The Hall–Kier alpha value is -3.02. The Bertz CT molecular complexity index is 985. The third-order valence-corrected chi connectivity index (χ3v) is 5.03. The Morgan fingerprint density at radius 2 is 2.19 bits per heavy atom. The summed E-state index contributed by atoms with van der Waals surface area (Å²) >= 11 is 0. The highest BCUT2D eigenvalue weighted by molar-refractivity contribution is 5.77. The van der Waals surface area contributed by atoms with Crippen LogP contribution in [0, 0.1) is 12.3 Å². The summed E-state index contributed by atoms with van der Waals surface area (Å²) in [4.78, 5) is 33.5. The number of carbonyl (C=O) groups is 1. The number of rotatable bonds is 6. The first-order valence-corrected chi connectivity index (χ1v) is 8.58. The summed E-state index contributed by atoms with van der Waals surface area (Å²) in [7, 11) is 1.75. The Kier molecular flexibility index (Phi) is 3.83. The van der Waals surface area contributed by atoms with Crippen molar-refractivity contribution in [2.45, 2.75) is 37.3 Å². The maximum Gasteiger partial charge on any atom is 0.262 e. The number of terminal acetylenes is 1. The van der Waals surface area contributed by atoms with Crippen LogP contribution in [0.2, 0.25) is 0 Å². The van der Waals surface area contributed by atoms with E-state index in [1.165, 1.54) is 6.20 Å². The predicted molar refractivity (Wildman–Crippen MR) is 93.3 cm³/mol. The number of H-pyrrole nitrogens is 1. The number of hydrogen-bond donors (Lipinski definition) is 1. The third kappa shape index (κ3) is 2.87. The van der Waals surface area contributed by atoms with Crippen molar-refractivity contribution >= 4 is 16.9 Å². The zero-order valence-corrected chi connectivity index (χ0v) is 14.5. The van der Waals surface area contributed by atoms with Crippen LogP contribution < -0.4 is 5.56 Å². The third-order valence-electron chi connectivity index (χ3n) is 5.03. The maximum absolute atomic E-state index is 12.3.